The van der Waals surface area contributed by atoms with Crippen LogP contribution in [0, 0.1) is 31.0 Å². The average molecular weight is 574 g/mol. The molecule has 204 valence electrons. The summed E-state index contributed by atoms with van der Waals surface area (Å²) >= 11 is 6.80. The number of thiocarbonyl (C=S) groups is 1. The number of thioether (sulfide) groups is 1. The van der Waals surface area contributed by atoms with Gasteiger partial charge in [0.25, 0.3) is 11.5 Å². The summed E-state index contributed by atoms with van der Waals surface area (Å²) in [6, 6.07) is 16.4. The number of amides is 1. The van der Waals surface area contributed by atoms with Crippen LogP contribution in [-0.4, -0.2) is 45.9 Å². The van der Waals surface area contributed by atoms with Crippen molar-refractivity contribution in [3.63, 3.8) is 0 Å². The lowest BCUT2D eigenvalue weighted by Gasteiger charge is -2.38. The van der Waals surface area contributed by atoms with E-state index in [4.69, 9.17) is 12.2 Å². The van der Waals surface area contributed by atoms with Gasteiger partial charge in [-0.25, -0.2) is 4.39 Å². The predicted octanol–water partition coefficient (Wildman–Crippen LogP) is 4.74. The number of halogens is 1. The highest BCUT2D eigenvalue weighted by Gasteiger charge is 2.33. The van der Waals surface area contributed by atoms with E-state index in [1.54, 1.807) is 37.1 Å². The third-order valence-corrected chi connectivity index (χ3v) is 8.73. The minimum absolute atomic E-state index is 0.0533. The lowest BCUT2D eigenvalue weighted by atomic mass is 10.0. The van der Waals surface area contributed by atoms with E-state index in [0.717, 1.165) is 16.8 Å². The van der Waals surface area contributed by atoms with Crippen LogP contribution in [0.2, 0.25) is 0 Å². The number of carbonyl (C=O) groups excluding carboxylic acids is 1. The third-order valence-electron chi connectivity index (χ3n) is 7.35. The second kappa shape index (κ2) is 11.3. The summed E-state index contributed by atoms with van der Waals surface area (Å²) in [5.41, 5.74) is 3.92. The zero-order valence-corrected chi connectivity index (χ0v) is 24.1. The van der Waals surface area contributed by atoms with Crippen LogP contribution in [0.3, 0.4) is 0 Å². The molecule has 2 saturated heterocycles. The van der Waals surface area contributed by atoms with Gasteiger partial charge in [0, 0.05) is 44.5 Å². The molecular weight excluding hydrogens is 545 g/mol. The van der Waals surface area contributed by atoms with Crippen molar-refractivity contribution in [2.24, 2.45) is 7.05 Å². The topological polar surface area (TPSA) is 72.6 Å². The van der Waals surface area contributed by atoms with Crippen molar-refractivity contribution < 1.29 is 9.18 Å². The minimum Gasteiger partial charge on any atom is -0.368 e. The first kappa shape index (κ1) is 27.6. The molecule has 0 atom stereocenters. The van der Waals surface area contributed by atoms with E-state index < -0.39 is 0 Å². The Morgan fingerprint density at radius 3 is 2.25 bits per heavy atom. The van der Waals surface area contributed by atoms with Gasteiger partial charge in [-0.05, 0) is 55.3 Å². The zero-order valence-electron chi connectivity index (χ0n) is 22.5. The molecule has 0 N–H and O–H groups in total. The maximum Gasteiger partial charge on any atom is 0.270 e. The first-order chi connectivity index (χ1) is 19.2. The van der Waals surface area contributed by atoms with Crippen molar-refractivity contribution in [2.45, 2.75) is 20.4 Å². The van der Waals surface area contributed by atoms with Crippen LogP contribution in [0.1, 0.15) is 27.8 Å². The summed E-state index contributed by atoms with van der Waals surface area (Å²) in [4.78, 5) is 32.9. The number of rotatable bonds is 5. The Bertz CT molecular complexity index is 1620. The Hall–Kier alpha value is -3.94. The molecule has 2 aliphatic rings. The Balaban J connectivity index is 1.48. The van der Waals surface area contributed by atoms with E-state index in [-0.39, 0.29) is 22.8 Å². The number of nitriles is 1. The average Bonchev–Trinajstić information content (AvgIpc) is 3.21. The number of hydrogen-bond acceptors (Lipinski definition) is 7. The van der Waals surface area contributed by atoms with Gasteiger partial charge in [-0.1, -0.05) is 53.8 Å². The van der Waals surface area contributed by atoms with E-state index in [0.29, 0.717) is 58.9 Å². The summed E-state index contributed by atoms with van der Waals surface area (Å²) in [7, 11) is 1.66. The third kappa shape index (κ3) is 5.27. The van der Waals surface area contributed by atoms with E-state index in [1.165, 1.54) is 28.5 Å². The molecule has 3 heterocycles. The van der Waals surface area contributed by atoms with E-state index >= 15 is 0 Å². The number of aromatic nitrogens is 1. The van der Waals surface area contributed by atoms with Gasteiger partial charge in [-0.3, -0.25) is 19.1 Å². The molecule has 0 unspecified atom stereocenters. The molecule has 0 radical (unpaired) electrons. The molecule has 0 bridgehead atoms. The standard InChI is InChI=1S/C30H28FN5O2S2/c1-19-4-6-21(7-5-19)18-36-29(38)26(40-30(36)39)16-24-20(2)25(17-32)28(37)33(3)27(24)35-14-12-34(13-15-35)23-10-8-22(31)9-11-23/h4-11,16H,12-15,18H2,1-3H3/b26-16-. The zero-order chi connectivity index (χ0) is 28.6. The van der Waals surface area contributed by atoms with Crippen LogP contribution in [-0.2, 0) is 18.4 Å². The molecule has 10 heteroatoms. The van der Waals surface area contributed by atoms with E-state index in [1.807, 2.05) is 31.2 Å². The maximum atomic E-state index is 13.5. The highest BCUT2D eigenvalue weighted by molar-refractivity contribution is 8.26. The SMILES string of the molecule is Cc1ccc(CN2C(=O)/C(=C/c3c(C)c(C#N)c(=O)n(C)c3N3CCN(c4ccc(F)cc4)CC3)SC2=S)cc1. The van der Waals surface area contributed by atoms with Crippen molar-refractivity contribution in [3.05, 3.63) is 97.4 Å². The van der Waals surface area contributed by atoms with Gasteiger partial charge in [-0.15, -0.1) is 0 Å². The summed E-state index contributed by atoms with van der Waals surface area (Å²) in [5.74, 6) is 0.179. The lowest BCUT2D eigenvalue weighted by molar-refractivity contribution is -0.122. The smallest absolute Gasteiger partial charge is 0.270 e. The van der Waals surface area contributed by atoms with Crippen LogP contribution in [0.5, 0.6) is 0 Å². The molecule has 1 amide bonds. The molecule has 7 nitrogen and oxygen atoms in total. The quantitative estimate of drug-likeness (QED) is 0.323. The van der Waals surface area contributed by atoms with Crippen molar-refractivity contribution in [1.82, 2.24) is 9.47 Å². The van der Waals surface area contributed by atoms with Gasteiger partial charge < -0.3 is 9.80 Å². The molecule has 0 spiro atoms. The molecule has 0 aliphatic carbocycles. The van der Waals surface area contributed by atoms with E-state index in [2.05, 4.69) is 15.9 Å². The molecule has 1 aromatic heterocycles. The van der Waals surface area contributed by atoms with Gasteiger partial charge in [0.2, 0.25) is 0 Å². The molecule has 5 rings (SSSR count). The largest absolute Gasteiger partial charge is 0.368 e. The summed E-state index contributed by atoms with van der Waals surface area (Å²) in [5, 5.41) is 9.78. The molecule has 40 heavy (non-hydrogen) atoms. The van der Waals surface area contributed by atoms with Crippen LogP contribution in [0.15, 0.2) is 58.2 Å². The summed E-state index contributed by atoms with van der Waals surface area (Å²) < 4.78 is 15.4. The maximum absolute atomic E-state index is 13.5. The monoisotopic (exact) mass is 573 g/mol. The molecule has 3 aromatic rings. The van der Waals surface area contributed by atoms with Crippen molar-refractivity contribution in [2.75, 3.05) is 36.0 Å². The summed E-state index contributed by atoms with van der Waals surface area (Å²) in [6.07, 6.45) is 1.77. The predicted molar refractivity (Wildman–Crippen MR) is 162 cm³/mol. The molecule has 2 fully saturated rings. The second-order valence-electron chi connectivity index (χ2n) is 9.92. The highest BCUT2D eigenvalue weighted by Crippen LogP contribution is 2.36. The Kier molecular flexibility index (Phi) is 7.79. The van der Waals surface area contributed by atoms with Crippen LogP contribution < -0.4 is 15.4 Å². The fourth-order valence-corrected chi connectivity index (χ4v) is 6.30. The van der Waals surface area contributed by atoms with Gasteiger partial charge in [0.1, 0.15) is 27.6 Å². The van der Waals surface area contributed by atoms with Crippen molar-refractivity contribution in [1.29, 1.82) is 5.26 Å². The van der Waals surface area contributed by atoms with Gasteiger partial charge >= 0.3 is 0 Å². The number of piperazine rings is 1. The first-order valence-electron chi connectivity index (χ1n) is 12.9. The Labute approximate surface area is 242 Å². The first-order valence-corrected chi connectivity index (χ1v) is 14.1. The van der Waals surface area contributed by atoms with Gasteiger partial charge in [0.05, 0.1) is 11.4 Å². The number of nitrogens with zero attached hydrogens (tertiary/aromatic N) is 5. The molecule has 0 saturated carbocycles. The Morgan fingerprint density at radius 2 is 1.62 bits per heavy atom. The Morgan fingerprint density at radius 1 is 1.00 bits per heavy atom. The fourth-order valence-electron chi connectivity index (χ4n) is 5.07. The van der Waals surface area contributed by atoms with Crippen LogP contribution in [0.25, 0.3) is 6.08 Å². The lowest BCUT2D eigenvalue weighted by Crippen LogP contribution is -2.48. The normalized spacial score (nSPS) is 16.7. The number of anilines is 2. The fraction of sp³-hybridized carbons (Fsp3) is 0.267. The minimum atomic E-state index is -0.375. The van der Waals surface area contributed by atoms with E-state index in [9.17, 15) is 19.2 Å². The number of pyridine rings is 1. The van der Waals surface area contributed by atoms with Crippen LogP contribution >= 0.6 is 24.0 Å². The number of hydrogen-bond donors (Lipinski definition) is 0. The van der Waals surface area contributed by atoms with Crippen molar-refractivity contribution >= 4 is 51.8 Å². The second-order valence-corrected chi connectivity index (χ2v) is 11.6. The number of carbonyl (C=O) groups is 1. The molecular formula is C30H28FN5O2S2. The van der Waals surface area contributed by atoms with Gasteiger partial charge in [0.15, 0.2) is 0 Å². The molecule has 2 aliphatic heterocycles. The number of aryl methyl sites for hydroxylation is 1. The number of benzene rings is 2. The molecule has 2 aromatic carbocycles. The van der Waals surface area contributed by atoms with Gasteiger partial charge in [-0.2, -0.15) is 5.26 Å². The highest BCUT2D eigenvalue weighted by atomic mass is 32.2. The summed E-state index contributed by atoms with van der Waals surface area (Å²) in [6.45, 7) is 6.66. The van der Waals surface area contributed by atoms with Crippen LogP contribution in [0.4, 0.5) is 15.9 Å². The van der Waals surface area contributed by atoms with Crippen molar-refractivity contribution in [3.8, 4) is 6.07 Å².